The van der Waals surface area contributed by atoms with E-state index in [1.54, 1.807) is 0 Å². The minimum absolute atomic E-state index is 0.703. The van der Waals surface area contributed by atoms with Gasteiger partial charge in [-0.15, -0.1) is 0 Å². The fourth-order valence-electron chi connectivity index (χ4n) is 1.48. The van der Waals surface area contributed by atoms with Crippen LogP contribution in [0.4, 0.5) is 0 Å². The molecule has 0 amide bonds. The van der Waals surface area contributed by atoms with Gasteiger partial charge >= 0.3 is 59.6 Å². The van der Waals surface area contributed by atoms with Crippen LogP contribution in [-0.4, -0.2) is 25.7 Å². The number of hydrogen-bond donors (Lipinski definition) is 0. The van der Waals surface area contributed by atoms with Crippen LogP contribution in [0.25, 0.3) is 0 Å². The molecular weight excluding hydrogens is 127 g/mol. The van der Waals surface area contributed by atoms with E-state index in [1.807, 2.05) is 0 Å². The molecule has 0 aliphatic rings. The maximum atomic E-state index is 2.50. The Bertz CT molecular complexity index is 59.0. The van der Waals surface area contributed by atoms with Gasteiger partial charge < -0.3 is 0 Å². The van der Waals surface area contributed by atoms with Gasteiger partial charge in [-0.1, -0.05) is 0 Å². The van der Waals surface area contributed by atoms with Crippen LogP contribution < -0.4 is 0 Å². The zero-order valence-electron chi connectivity index (χ0n) is 7.33. The average Bonchev–Trinajstić information content (AvgIpc) is 1.64. The Kier molecular flexibility index (Phi) is 4.48. The Balaban J connectivity index is 3.43. The van der Waals surface area contributed by atoms with Crippen molar-refractivity contribution < 1.29 is 0 Å². The first-order chi connectivity index (χ1) is 4.12. The summed E-state index contributed by atoms with van der Waals surface area (Å²) in [5, 5.41) is 0. The number of hydrogen-bond acceptors (Lipinski definition) is 0. The van der Waals surface area contributed by atoms with Crippen molar-refractivity contribution in [1.82, 2.24) is 0 Å². The Morgan fingerprint density at radius 2 is 1.22 bits per heavy atom. The van der Waals surface area contributed by atoms with E-state index in [0.29, 0.717) is 0 Å². The summed E-state index contributed by atoms with van der Waals surface area (Å²) in [6.07, 6.45) is 5.81. The summed E-state index contributed by atoms with van der Waals surface area (Å²) in [5.74, 6) is 0. The SMILES string of the molecule is CCC[PH](C)(C)CCC. The summed E-state index contributed by atoms with van der Waals surface area (Å²) in [4.78, 5) is 0. The van der Waals surface area contributed by atoms with Gasteiger partial charge in [-0.2, -0.15) is 0 Å². The topological polar surface area (TPSA) is 0 Å². The summed E-state index contributed by atoms with van der Waals surface area (Å²) >= 11 is 0. The Hall–Kier alpha value is 0.430. The van der Waals surface area contributed by atoms with Gasteiger partial charge in [0.05, 0.1) is 0 Å². The molecule has 0 fully saturated rings. The molecule has 0 atom stereocenters. The third-order valence-corrected chi connectivity index (χ3v) is 5.56. The van der Waals surface area contributed by atoms with Crippen molar-refractivity contribution in [3.63, 3.8) is 0 Å². The second-order valence-electron chi connectivity index (χ2n) is 3.66. The van der Waals surface area contributed by atoms with Crippen LogP contribution in [0, 0.1) is 0 Å². The van der Waals surface area contributed by atoms with Crippen LogP contribution >= 0.6 is 7.26 Å². The second kappa shape index (κ2) is 4.28. The van der Waals surface area contributed by atoms with Gasteiger partial charge in [-0.25, -0.2) is 0 Å². The molecule has 0 aliphatic carbocycles. The van der Waals surface area contributed by atoms with Crippen molar-refractivity contribution in [2.45, 2.75) is 26.7 Å². The summed E-state index contributed by atoms with van der Waals surface area (Å²) in [6, 6.07) is 0. The van der Waals surface area contributed by atoms with Crippen molar-refractivity contribution in [3.8, 4) is 0 Å². The van der Waals surface area contributed by atoms with E-state index in [-0.39, 0.29) is 0 Å². The van der Waals surface area contributed by atoms with E-state index in [1.165, 1.54) is 25.2 Å². The zero-order valence-corrected chi connectivity index (χ0v) is 8.33. The predicted octanol–water partition coefficient (Wildman–Crippen LogP) is 2.82. The molecule has 0 saturated carbocycles. The minimum atomic E-state index is -0.703. The van der Waals surface area contributed by atoms with E-state index in [0.717, 1.165) is 0 Å². The molecule has 0 spiro atoms. The van der Waals surface area contributed by atoms with Gasteiger partial charge in [0, 0.05) is 0 Å². The summed E-state index contributed by atoms with van der Waals surface area (Å²) in [7, 11) is -0.703. The first-order valence-corrected chi connectivity index (χ1v) is 7.54. The monoisotopic (exact) mass is 148 g/mol. The summed E-state index contributed by atoms with van der Waals surface area (Å²) in [6.45, 7) is 9.59. The van der Waals surface area contributed by atoms with E-state index >= 15 is 0 Å². The molecule has 0 radical (unpaired) electrons. The predicted molar refractivity (Wildman–Crippen MR) is 50.5 cm³/mol. The van der Waals surface area contributed by atoms with Gasteiger partial charge in [0.15, 0.2) is 0 Å². The van der Waals surface area contributed by atoms with Gasteiger partial charge in [-0.05, 0) is 0 Å². The van der Waals surface area contributed by atoms with E-state index in [9.17, 15) is 0 Å². The molecule has 0 N–H and O–H groups in total. The summed E-state index contributed by atoms with van der Waals surface area (Å²) < 4.78 is 0. The fourth-order valence-corrected chi connectivity index (χ4v) is 4.44. The second-order valence-corrected chi connectivity index (χ2v) is 8.99. The first-order valence-electron chi connectivity index (χ1n) is 4.12. The molecule has 0 unspecified atom stereocenters. The van der Waals surface area contributed by atoms with Gasteiger partial charge in [0.1, 0.15) is 0 Å². The molecule has 0 nitrogen and oxygen atoms in total. The van der Waals surface area contributed by atoms with Crippen LogP contribution in [0.1, 0.15) is 26.7 Å². The molecule has 0 aromatic heterocycles. The molecule has 9 heavy (non-hydrogen) atoms. The molecule has 0 saturated heterocycles. The van der Waals surface area contributed by atoms with Crippen LogP contribution in [0.5, 0.6) is 0 Å². The molecule has 0 bridgehead atoms. The first kappa shape index (κ1) is 9.43. The molecular formula is C8H21P. The van der Waals surface area contributed by atoms with Gasteiger partial charge in [-0.3, -0.25) is 0 Å². The molecule has 0 aliphatic heterocycles. The standard InChI is InChI=1S/C8H21P/c1-5-7-9(3,4)8-6-2/h9H,5-8H2,1-4H3. The van der Waals surface area contributed by atoms with Crippen LogP contribution in [0.3, 0.4) is 0 Å². The van der Waals surface area contributed by atoms with E-state index in [2.05, 4.69) is 27.2 Å². The summed E-state index contributed by atoms with van der Waals surface area (Å²) in [5.41, 5.74) is 0. The Morgan fingerprint density at radius 3 is 1.44 bits per heavy atom. The molecule has 0 rings (SSSR count). The number of rotatable bonds is 4. The van der Waals surface area contributed by atoms with Crippen molar-refractivity contribution in [2.24, 2.45) is 0 Å². The van der Waals surface area contributed by atoms with Crippen molar-refractivity contribution in [2.75, 3.05) is 25.7 Å². The van der Waals surface area contributed by atoms with Crippen LogP contribution in [0.15, 0.2) is 0 Å². The molecule has 0 aromatic carbocycles. The fraction of sp³-hybridized carbons (Fsp3) is 1.00. The molecule has 0 aromatic rings. The van der Waals surface area contributed by atoms with Crippen LogP contribution in [0.2, 0.25) is 0 Å². The Labute approximate surface area is 60.4 Å². The zero-order chi connectivity index (χ0) is 7.33. The quantitative estimate of drug-likeness (QED) is 0.538. The average molecular weight is 148 g/mol. The molecule has 58 valence electrons. The molecule has 1 heteroatoms. The third-order valence-electron chi connectivity index (χ3n) is 1.85. The van der Waals surface area contributed by atoms with Crippen molar-refractivity contribution >= 4 is 7.26 Å². The van der Waals surface area contributed by atoms with Crippen molar-refractivity contribution in [1.29, 1.82) is 0 Å². The van der Waals surface area contributed by atoms with E-state index < -0.39 is 7.26 Å². The normalized spacial score (nSPS) is 13.8. The van der Waals surface area contributed by atoms with Gasteiger partial charge in [0.2, 0.25) is 0 Å². The van der Waals surface area contributed by atoms with Crippen molar-refractivity contribution in [3.05, 3.63) is 0 Å². The molecule has 0 heterocycles. The maximum absolute atomic E-state index is 2.50. The Morgan fingerprint density at radius 1 is 0.889 bits per heavy atom. The van der Waals surface area contributed by atoms with E-state index in [4.69, 9.17) is 0 Å². The third kappa shape index (κ3) is 4.90. The van der Waals surface area contributed by atoms with Gasteiger partial charge in [0.25, 0.3) is 0 Å². The van der Waals surface area contributed by atoms with Crippen LogP contribution in [-0.2, 0) is 0 Å².